The molecule has 1 aromatic heterocycles. The molecule has 0 atom stereocenters. The fourth-order valence-electron chi connectivity index (χ4n) is 2.60. The van der Waals surface area contributed by atoms with Crippen LogP contribution in [0.25, 0.3) is 11.4 Å². The predicted octanol–water partition coefficient (Wildman–Crippen LogP) is 1.64. The summed E-state index contributed by atoms with van der Waals surface area (Å²) in [6.45, 7) is 1.31. The lowest BCUT2D eigenvalue weighted by Crippen LogP contribution is -2.10. The number of nitrogens with two attached hydrogens (primary N) is 1. The van der Waals surface area contributed by atoms with Crippen LogP contribution in [0.2, 0.25) is 0 Å². The van der Waals surface area contributed by atoms with Crippen molar-refractivity contribution in [3.63, 3.8) is 0 Å². The van der Waals surface area contributed by atoms with Crippen LogP contribution in [0, 0.1) is 0 Å². The number of hydrogen-bond donors (Lipinski definition) is 1. The maximum atomic E-state index is 11.1. The standard InChI is InChI=1S/C18H17N5O4/c19-17(24)12-2-4-13(5-3-12)18-20-22-23(21-18)8-1-9-25-14-6-7-15-16(10-14)27-11-26-15/h2-7,10H,1,8-9,11H2,(H2,19,24). The highest BCUT2D eigenvalue weighted by Crippen LogP contribution is 2.35. The first kappa shape index (κ1) is 16.8. The molecule has 0 unspecified atom stereocenters. The Morgan fingerprint density at radius 3 is 2.78 bits per heavy atom. The van der Waals surface area contributed by atoms with Gasteiger partial charge in [-0.1, -0.05) is 12.1 Å². The van der Waals surface area contributed by atoms with Gasteiger partial charge in [-0.3, -0.25) is 4.79 Å². The summed E-state index contributed by atoms with van der Waals surface area (Å²) in [6, 6.07) is 12.2. The summed E-state index contributed by atoms with van der Waals surface area (Å²) in [5.74, 6) is 2.16. The number of primary amides is 1. The molecule has 1 aliphatic heterocycles. The molecule has 1 aliphatic rings. The maximum Gasteiger partial charge on any atom is 0.248 e. The van der Waals surface area contributed by atoms with E-state index in [1.54, 1.807) is 24.3 Å². The molecule has 0 radical (unpaired) electrons. The van der Waals surface area contributed by atoms with Crippen molar-refractivity contribution in [2.45, 2.75) is 13.0 Å². The number of amides is 1. The Labute approximate surface area is 154 Å². The highest BCUT2D eigenvalue weighted by Gasteiger charge is 2.13. The van der Waals surface area contributed by atoms with Gasteiger partial charge in [0.05, 0.1) is 13.2 Å². The lowest BCUT2D eigenvalue weighted by atomic mass is 10.1. The molecule has 1 amide bonds. The Bertz CT molecular complexity index is 955. The van der Waals surface area contributed by atoms with Crippen LogP contribution in [0.1, 0.15) is 16.8 Å². The number of aryl methyl sites for hydroxylation is 1. The molecule has 2 heterocycles. The Morgan fingerprint density at radius 1 is 1.15 bits per heavy atom. The lowest BCUT2D eigenvalue weighted by Gasteiger charge is -2.06. The molecule has 0 saturated carbocycles. The average molecular weight is 367 g/mol. The van der Waals surface area contributed by atoms with E-state index < -0.39 is 5.91 Å². The Kier molecular flexibility index (Phi) is 4.56. The summed E-state index contributed by atoms with van der Waals surface area (Å²) < 4.78 is 16.3. The van der Waals surface area contributed by atoms with Crippen LogP contribution in [0.15, 0.2) is 42.5 Å². The van der Waals surface area contributed by atoms with Crippen molar-refractivity contribution in [2.24, 2.45) is 5.73 Å². The number of fused-ring (bicyclic) bond motifs is 1. The lowest BCUT2D eigenvalue weighted by molar-refractivity contribution is 0.100. The van der Waals surface area contributed by atoms with E-state index in [0.717, 1.165) is 17.1 Å². The Hall–Kier alpha value is -3.62. The summed E-state index contributed by atoms with van der Waals surface area (Å²) in [4.78, 5) is 12.6. The topological polar surface area (TPSA) is 114 Å². The number of aromatic nitrogens is 4. The second-order valence-corrected chi connectivity index (χ2v) is 5.87. The minimum Gasteiger partial charge on any atom is -0.493 e. The normalized spacial score (nSPS) is 12.1. The second kappa shape index (κ2) is 7.32. The van der Waals surface area contributed by atoms with E-state index in [-0.39, 0.29) is 6.79 Å². The minimum atomic E-state index is -0.472. The quantitative estimate of drug-likeness (QED) is 0.631. The summed E-state index contributed by atoms with van der Waals surface area (Å²) in [6.07, 6.45) is 0.713. The molecule has 0 saturated heterocycles. The largest absolute Gasteiger partial charge is 0.493 e. The fourth-order valence-corrected chi connectivity index (χ4v) is 2.60. The zero-order valence-corrected chi connectivity index (χ0v) is 14.4. The zero-order chi connectivity index (χ0) is 18.6. The first-order valence-corrected chi connectivity index (χ1v) is 8.39. The third kappa shape index (κ3) is 3.81. The van der Waals surface area contributed by atoms with Crippen LogP contribution in [0.5, 0.6) is 17.2 Å². The molecule has 9 heteroatoms. The zero-order valence-electron chi connectivity index (χ0n) is 14.4. The number of hydrogen-bond acceptors (Lipinski definition) is 7. The van der Waals surface area contributed by atoms with Gasteiger partial charge >= 0.3 is 0 Å². The highest BCUT2D eigenvalue weighted by molar-refractivity contribution is 5.93. The first-order chi connectivity index (χ1) is 13.2. The Morgan fingerprint density at radius 2 is 1.96 bits per heavy atom. The van der Waals surface area contributed by atoms with E-state index in [1.165, 1.54) is 4.80 Å². The molecule has 0 bridgehead atoms. The van der Waals surface area contributed by atoms with Crippen molar-refractivity contribution in [1.29, 1.82) is 0 Å². The predicted molar refractivity (Wildman–Crippen MR) is 94.4 cm³/mol. The molecule has 27 heavy (non-hydrogen) atoms. The van der Waals surface area contributed by atoms with Crippen LogP contribution >= 0.6 is 0 Å². The maximum absolute atomic E-state index is 11.1. The molecule has 0 spiro atoms. The number of benzene rings is 2. The van der Waals surface area contributed by atoms with Crippen LogP contribution in [-0.2, 0) is 6.54 Å². The van der Waals surface area contributed by atoms with Gasteiger partial charge in [0.25, 0.3) is 0 Å². The third-order valence-corrected chi connectivity index (χ3v) is 4.00. The van der Waals surface area contributed by atoms with Crippen LogP contribution in [0.3, 0.4) is 0 Å². The monoisotopic (exact) mass is 367 g/mol. The number of carbonyl (C=O) groups excluding carboxylic acids is 1. The minimum absolute atomic E-state index is 0.240. The summed E-state index contributed by atoms with van der Waals surface area (Å²) in [5.41, 5.74) is 6.44. The van der Waals surface area contributed by atoms with Gasteiger partial charge in [-0.05, 0) is 29.5 Å². The number of tetrazole rings is 1. The molecule has 4 rings (SSSR count). The van der Waals surface area contributed by atoms with E-state index in [9.17, 15) is 4.79 Å². The van der Waals surface area contributed by atoms with Gasteiger partial charge < -0.3 is 19.9 Å². The van der Waals surface area contributed by atoms with Gasteiger partial charge in [0.1, 0.15) is 5.75 Å². The second-order valence-electron chi connectivity index (χ2n) is 5.87. The van der Waals surface area contributed by atoms with Crippen molar-refractivity contribution in [3.8, 4) is 28.6 Å². The average Bonchev–Trinajstić information content (AvgIpc) is 3.34. The van der Waals surface area contributed by atoms with Gasteiger partial charge in [0.2, 0.25) is 18.5 Å². The van der Waals surface area contributed by atoms with E-state index in [0.29, 0.717) is 36.7 Å². The number of nitrogens with zero attached hydrogens (tertiary/aromatic N) is 4. The first-order valence-electron chi connectivity index (χ1n) is 8.39. The van der Waals surface area contributed by atoms with E-state index in [2.05, 4.69) is 15.4 Å². The van der Waals surface area contributed by atoms with Crippen molar-refractivity contribution < 1.29 is 19.0 Å². The SMILES string of the molecule is NC(=O)c1ccc(-c2nnn(CCCOc3ccc4c(c3)OCO4)n2)cc1. The number of ether oxygens (including phenoxy) is 3. The van der Waals surface area contributed by atoms with Crippen molar-refractivity contribution in [1.82, 2.24) is 20.2 Å². The summed E-state index contributed by atoms with van der Waals surface area (Å²) in [5, 5.41) is 12.4. The van der Waals surface area contributed by atoms with Crippen molar-refractivity contribution in [2.75, 3.05) is 13.4 Å². The van der Waals surface area contributed by atoms with Crippen LogP contribution in [0.4, 0.5) is 0 Å². The molecule has 2 N–H and O–H groups in total. The summed E-state index contributed by atoms with van der Waals surface area (Å²) in [7, 11) is 0. The van der Waals surface area contributed by atoms with Gasteiger partial charge in [-0.15, -0.1) is 10.2 Å². The number of carbonyl (C=O) groups is 1. The van der Waals surface area contributed by atoms with E-state index >= 15 is 0 Å². The molecular weight excluding hydrogens is 350 g/mol. The number of rotatable bonds is 7. The van der Waals surface area contributed by atoms with Gasteiger partial charge in [0, 0.05) is 23.6 Å². The fraction of sp³-hybridized carbons (Fsp3) is 0.222. The van der Waals surface area contributed by atoms with Crippen LogP contribution in [-0.4, -0.2) is 39.5 Å². The molecule has 0 fully saturated rings. The molecule has 0 aliphatic carbocycles. The highest BCUT2D eigenvalue weighted by atomic mass is 16.7. The van der Waals surface area contributed by atoms with Crippen molar-refractivity contribution >= 4 is 5.91 Å². The van der Waals surface area contributed by atoms with Gasteiger partial charge in [0.15, 0.2) is 11.5 Å². The van der Waals surface area contributed by atoms with E-state index in [4.69, 9.17) is 19.9 Å². The van der Waals surface area contributed by atoms with Gasteiger partial charge in [-0.25, -0.2) is 0 Å². The third-order valence-electron chi connectivity index (χ3n) is 4.00. The van der Waals surface area contributed by atoms with Crippen LogP contribution < -0.4 is 19.9 Å². The molecule has 9 nitrogen and oxygen atoms in total. The molecular formula is C18H17N5O4. The molecule has 2 aromatic carbocycles. The Balaban J connectivity index is 1.29. The summed E-state index contributed by atoms with van der Waals surface area (Å²) >= 11 is 0. The molecule has 3 aromatic rings. The smallest absolute Gasteiger partial charge is 0.248 e. The molecule has 138 valence electrons. The van der Waals surface area contributed by atoms with Gasteiger partial charge in [-0.2, -0.15) is 4.80 Å². The van der Waals surface area contributed by atoms with E-state index in [1.807, 2.05) is 18.2 Å². The van der Waals surface area contributed by atoms with Crippen molar-refractivity contribution in [3.05, 3.63) is 48.0 Å².